The van der Waals surface area contributed by atoms with E-state index in [1.54, 1.807) is 35.2 Å². The average Bonchev–Trinajstić information content (AvgIpc) is 3.46. The fourth-order valence-corrected chi connectivity index (χ4v) is 3.26. The molecule has 4 rings (SSSR count). The third-order valence-corrected chi connectivity index (χ3v) is 4.96. The normalized spacial score (nSPS) is 14.8. The molecule has 28 heavy (non-hydrogen) atoms. The summed E-state index contributed by atoms with van der Waals surface area (Å²) in [5, 5.41) is 0.306. The molecule has 0 bridgehead atoms. The Labute approximate surface area is 166 Å². The van der Waals surface area contributed by atoms with Crippen molar-refractivity contribution in [2.75, 3.05) is 7.05 Å². The maximum Gasteiger partial charge on any atom is 0.148 e. The average molecular weight is 397 g/mol. The molecule has 0 radical (unpaired) electrons. The minimum absolute atomic E-state index is 0.288. The van der Waals surface area contributed by atoms with Gasteiger partial charge in [0.25, 0.3) is 0 Å². The van der Waals surface area contributed by atoms with Gasteiger partial charge in [-0.2, -0.15) is 0 Å². The summed E-state index contributed by atoms with van der Waals surface area (Å²) in [6, 6.07) is 6.75. The largest absolute Gasteiger partial charge is 0.377 e. The van der Waals surface area contributed by atoms with Gasteiger partial charge in [0.05, 0.1) is 22.9 Å². The van der Waals surface area contributed by atoms with Crippen LogP contribution in [-0.4, -0.2) is 38.8 Å². The molecular weight excluding hydrogens is 379 g/mol. The molecule has 3 aromatic rings. The molecular formula is C21H18ClFN4O. The molecule has 0 N–H and O–H groups in total. The Kier molecular flexibility index (Phi) is 4.96. The molecule has 0 unspecified atom stereocenters. The second kappa shape index (κ2) is 7.56. The molecule has 1 aromatic carbocycles. The summed E-state index contributed by atoms with van der Waals surface area (Å²) in [5.74, 6) is -0.0294. The quantitative estimate of drug-likeness (QED) is 0.352. The van der Waals surface area contributed by atoms with Crippen LogP contribution in [0.1, 0.15) is 18.7 Å². The van der Waals surface area contributed by atoms with Crippen LogP contribution >= 0.6 is 11.6 Å². The number of allylic oxidation sites excluding steroid dienone is 3. The van der Waals surface area contributed by atoms with Crippen molar-refractivity contribution in [3.8, 4) is 5.69 Å². The molecule has 142 valence electrons. The molecule has 5 nitrogen and oxygen atoms in total. The predicted octanol–water partition coefficient (Wildman–Crippen LogP) is 4.40. The number of hydrogen-bond acceptors (Lipinski definition) is 4. The van der Waals surface area contributed by atoms with E-state index in [-0.39, 0.29) is 5.69 Å². The Morgan fingerprint density at radius 2 is 2.18 bits per heavy atom. The van der Waals surface area contributed by atoms with Gasteiger partial charge in [0.2, 0.25) is 0 Å². The van der Waals surface area contributed by atoms with Crippen molar-refractivity contribution >= 4 is 34.5 Å². The summed E-state index contributed by atoms with van der Waals surface area (Å²) in [5.41, 5.74) is 2.16. The number of aromatic nitrogens is 3. The maximum absolute atomic E-state index is 14.7. The number of benzene rings is 1. The third-order valence-electron chi connectivity index (χ3n) is 4.73. The first-order valence-corrected chi connectivity index (χ1v) is 9.30. The van der Waals surface area contributed by atoms with Crippen molar-refractivity contribution in [2.45, 2.75) is 18.9 Å². The van der Waals surface area contributed by atoms with E-state index in [0.29, 0.717) is 39.8 Å². The highest BCUT2D eigenvalue weighted by Crippen LogP contribution is 2.30. The highest BCUT2D eigenvalue weighted by atomic mass is 35.5. The molecule has 1 fully saturated rings. The molecule has 2 heterocycles. The van der Waals surface area contributed by atoms with Gasteiger partial charge in [-0.05, 0) is 55.5 Å². The lowest BCUT2D eigenvalue weighted by atomic mass is 10.2. The first-order chi connectivity index (χ1) is 13.6. The molecule has 2 aromatic heterocycles. The van der Waals surface area contributed by atoms with Crippen LogP contribution in [0.3, 0.4) is 0 Å². The molecule has 1 saturated carbocycles. The van der Waals surface area contributed by atoms with E-state index in [2.05, 4.69) is 14.9 Å². The van der Waals surface area contributed by atoms with Gasteiger partial charge >= 0.3 is 0 Å². The van der Waals surface area contributed by atoms with E-state index in [9.17, 15) is 9.18 Å². The highest BCUT2D eigenvalue weighted by molar-refractivity contribution is 6.30. The van der Waals surface area contributed by atoms with Crippen LogP contribution in [0.4, 0.5) is 4.39 Å². The number of hydrogen-bond donors (Lipinski definition) is 0. The lowest BCUT2D eigenvalue weighted by molar-refractivity contribution is -0.104. The summed E-state index contributed by atoms with van der Waals surface area (Å²) in [4.78, 5) is 22.2. The molecule has 7 heteroatoms. The number of fused-ring (bicyclic) bond motifs is 1. The topological polar surface area (TPSA) is 51.0 Å². The van der Waals surface area contributed by atoms with E-state index < -0.39 is 5.82 Å². The zero-order chi connectivity index (χ0) is 19.7. The molecule has 0 amide bonds. The van der Waals surface area contributed by atoms with Crippen LogP contribution in [0.15, 0.2) is 55.0 Å². The van der Waals surface area contributed by atoms with Crippen LogP contribution in [0, 0.1) is 5.82 Å². The smallest absolute Gasteiger partial charge is 0.148 e. The summed E-state index contributed by atoms with van der Waals surface area (Å²) in [6.07, 6.45) is 11.5. The van der Waals surface area contributed by atoms with Crippen molar-refractivity contribution in [3.63, 3.8) is 0 Å². The first kappa shape index (κ1) is 18.4. The number of imidazole rings is 1. The lowest BCUT2D eigenvalue weighted by Crippen LogP contribution is -2.12. The second-order valence-corrected chi connectivity index (χ2v) is 7.14. The zero-order valence-electron chi connectivity index (χ0n) is 15.2. The van der Waals surface area contributed by atoms with E-state index in [1.165, 1.54) is 12.1 Å². The Balaban J connectivity index is 1.89. The van der Waals surface area contributed by atoms with Gasteiger partial charge in [0, 0.05) is 29.9 Å². The van der Waals surface area contributed by atoms with E-state index in [4.69, 9.17) is 11.6 Å². The van der Waals surface area contributed by atoms with Gasteiger partial charge in [-0.3, -0.25) is 14.3 Å². The number of pyridine rings is 1. The predicted molar refractivity (Wildman–Crippen MR) is 108 cm³/mol. The number of nitrogens with zero attached hydrogens (tertiary/aromatic N) is 4. The fourth-order valence-electron chi connectivity index (χ4n) is 3.10. The van der Waals surface area contributed by atoms with Gasteiger partial charge in [0.15, 0.2) is 0 Å². The van der Waals surface area contributed by atoms with Gasteiger partial charge in [-0.1, -0.05) is 11.6 Å². The van der Waals surface area contributed by atoms with Crippen LogP contribution < -0.4 is 0 Å². The SMILES string of the molecule is CN(/C=C\C(=C/C=O)c1nc2ccncc2n1-c1ccc(Cl)cc1F)C1CC1. The standard InChI is InChI=1S/C21H18ClFN4O/c1-26(16-3-4-16)10-7-14(8-11-28)21-25-18-6-9-24-13-20(18)27(21)19-5-2-15(22)12-17(19)23/h2,5-13,16H,3-4H2,1H3/b10-7-,14-8+. The fraction of sp³-hybridized carbons (Fsp3) is 0.190. The lowest BCUT2D eigenvalue weighted by Gasteiger charge is -2.13. The number of halogens is 2. The van der Waals surface area contributed by atoms with Gasteiger partial charge in [0.1, 0.15) is 17.9 Å². The maximum atomic E-state index is 14.7. The van der Waals surface area contributed by atoms with E-state index >= 15 is 0 Å². The Bertz CT molecular complexity index is 1100. The molecule has 1 aliphatic carbocycles. The zero-order valence-corrected chi connectivity index (χ0v) is 16.0. The van der Waals surface area contributed by atoms with Crippen molar-refractivity contribution in [2.24, 2.45) is 0 Å². The second-order valence-electron chi connectivity index (χ2n) is 6.70. The van der Waals surface area contributed by atoms with Crippen molar-refractivity contribution in [1.82, 2.24) is 19.4 Å². The third kappa shape index (κ3) is 3.55. The summed E-state index contributed by atoms with van der Waals surface area (Å²) >= 11 is 5.92. The minimum atomic E-state index is -0.485. The van der Waals surface area contributed by atoms with Crippen LogP contribution in [0.2, 0.25) is 5.02 Å². The number of aldehydes is 1. The van der Waals surface area contributed by atoms with E-state index in [0.717, 1.165) is 12.8 Å². The Morgan fingerprint density at radius 1 is 1.36 bits per heavy atom. The summed E-state index contributed by atoms with van der Waals surface area (Å²) in [7, 11) is 2.00. The first-order valence-electron chi connectivity index (χ1n) is 8.92. The molecule has 1 aliphatic rings. The van der Waals surface area contributed by atoms with Crippen molar-refractivity contribution in [1.29, 1.82) is 0 Å². The Morgan fingerprint density at radius 3 is 2.89 bits per heavy atom. The molecule has 0 saturated heterocycles. The van der Waals surface area contributed by atoms with Crippen LogP contribution in [-0.2, 0) is 4.79 Å². The minimum Gasteiger partial charge on any atom is -0.377 e. The van der Waals surface area contributed by atoms with Crippen molar-refractivity contribution < 1.29 is 9.18 Å². The number of carbonyl (C=O) groups excluding carboxylic acids is 1. The van der Waals surface area contributed by atoms with Crippen LogP contribution in [0.5, 0.6) is 0 Å². The van der Waals surface area contributed by atoms with Gasteiger partial charge in [-0.15, -0.1) is 0 Å². The summed E-state index contributed by atoms with van der Waals surface area (Å²) in [6.45, 7) is 0. The van der Waals surface area contributed by atoms with Crippen molar-refractivity contribution in [3.05, 3.63) is 71.7 Å². The monoisotopic (exact) mass is 396 g/mol. The Hall–Kier alpha value is -2.99. The van der Waals surface area contributed by atoms with Gasteiger partial charge < -0.3 is 4.90 Å². The molecule has 0 spiro atoms. The molecule has 0 atom stereocenters. The molecule has 0 aliphatic heterocycles. The highest BCUT2D eigenvalue weighted by Gasteiger charge is 2.24. The number of rotatable bonds is 6. The number of carbonyl (C=O) groups is 1. The van der Waals surface area contributed by atoms with E-state index in [1.807, 2.05) is 19.3 Å². The summed E-state index contributed by atoms with van der Waals surface area (Å²) < 4.78 is 16.4. The van der Waals surface area contributed by atoms with Gasteiger partial charge in [-0.25, -0.2) is 9.37 Å². The van der Waals surface area contributed by atoms with Crippen LogP contribution in [0.25, 0.3) is 22.3 Å².